The van der Waals surface area contributed by atoms with Crippen molar-refractivity contribution in [1.29, 1.82) is 0 Å². The van der Waals surface area contributed by atoms with Crippen molar-refractivity contribution in [3.8, 4) is 0 Å². The molecule has 0 radical (unpaired) electrons. The Balaban J connectivity index is 1.83. The molecular weight excluding hydrogens is 278 g/mol. The van der Waals surface area contributed by atoms with E-state index in [4.69, 9.17) is 0 Å². The van der Waals surface area contributed by atoms with E-state index in [-0.39, 0.29) is 23.9 Å². The van der Waals surface area contributed by atoms with Crippen LogP contribution in [-0.4, -0.2) is 18.5 Å². The minimum absolute atomic E-state index is 0.0830. The molecule has 1 aromatic carbocycles. The summed E-state index contributed by atoms with van der Waals surface area (Å²) in [5.41, 5.74) is 1.81. The minimum atomic E-state index is -0.160. The molecule has 5 heteroatoms. The summed E-state index contributed by atoms with van der Waals surface area (Å²) in [7, 11) is 0. The highest BCUT2D eigenvalue weighted by Crippen LogP contribution is 2.30. The zero-order valence-corrected chi connectivity index (χ0v) is 13.5. The molecule has 0 bridgehead atoms. The van der Waals surface area contributed by atoms with Crippen LogP contribution in [0.25, 0.3) is 0 Å². The monoisotopic (exact) mass is 303 g/mol. The van der Waals surface area contributed by atoms with Crippen LogP contribution in [0, 0.1) is 11.8 Å². The molecule has 120 valence electrons. The zero-order valence-electron chi connectivity index (χ0n) is 13.5. The second kappa shape index (κ2) is 7.29. The molecule has 1 aliphatic rings. The molecule has 0 spiro atoms. The topological polar surface area (TPSA) is 70.2 Å². The highest BCUT2D eigenvalue weighted by atomic mass is 16.2. The van der Waals surface area contributed by atoms with Gasteiger partial charge < -0.3 is 16.0 Å². The van der Waals surface area contributed by atoms with Gasteiger partial charge in [0.15, 0.2) is 0 Å². The molecule has 0 heterocycles. The number of carbonyl (C=O) groups excluding carboxylic acids is 2. The first-order chi connectivity index (χ1) is 10.5. The summed E-state index contributed by atoms with van der Waals surface area (Å²) in [6.45, 7) is 6.70. The average molecular weight is 303 g/mol. The number of hydrogen-bond donors (Lipinski definition) is 3. The van der Waals surface area contributed by atoms with E-state index in [1.165, 1.54) is 0 Å². The Hall–Kier alpha value is -2.04. The number of urea groups is 1. The Bertz CT molecular complexity index is 521. The van der Waals surface area contributed by atoms with Gasteiger partial charge >= 0.3 is 6.03 Å². The lowest BCUT2D eigenvalue weighted by atomic mass is 10.1. The number of benzene rings is 1. The van der Waals surface area contributed by atoms with Crippen molar-refractivity contribution in [2.24, 2.45) is 11.8 Å². The first-order valence-electron chi connectivity index (χ1n) is 7.91. The van der Waals surface area contributed by atoms with Crippen LogP contribution < -0.4 is 16.0 Å². The van der Waals surface area contributed by atoms with Crippen LogP contribution >= 0.6 is 0 Å². The third-order valence-electron chi connectivity index (χ3n) is 3.64. The molecule has 3 amide bonds. The van der Waals surface area contributed by atoms with Gasteiger partial charge in [-0.2, -0.15) is 0 Å². The maximum atomic E-state index is 11.7. The van der Waals surface area contributed by atoms with Gasteiger partial charge in [0.1, 0.15) is 0 Å². The number of rotatable bonds is 6. The van der Waals surface area contributed by atoms with Crippen molar-refractivity contribution in [1.82, 2.24) is 10.6 Å². The van der Waals surface area contributed by atoms with Crippen LogP contribution in [0.2, 0.25) is 0 Å². The van der Waals surface area contributed by atoms with E-state index in [1.54, 1.807) is 0 Å². The molecule has 5 nitrogen and oxygen atoms in total. The van der Waals surface area contributed by atoms with Crippen molar-refractivity contribution in [3.63, 3.8) is 0 Å². The van der Waals surface area contributed by atoms with Gasteiger partial charge in [0.25, 0.3) is 0 Å². The molecule has 3 N–H and O–H groups in total. The smallest absolute Gasteiger partial charge is 0.315 e. The molecular formula is C17H25N3O2. The highest BCUT2D eigenvalue weighted by Gasteiger charge is 2.29. The van der Waals surface area contributed by atoms with E-state index < -0.39 is 0 Å². The molecule has 2 rings (SSSR count). The van der Waals surface area contributed by atoms with E-state index in [9.17, 15) is 9.59 Å². The molecule has 1 atom stereocenters. The molecule has 0 aromatic heterocycles. The average Bonchev–Trinajstić information content (AvgIpc) is 3.30. The Morgan fingerprint density at radius 2 is 1.77 bits per heavy atom. The lowest BCUT2D eigenvalue weighted by Crippen LogP contribution is -2.38. The van der Waals surface area contributed by atoms with Gasteiger partial charge in [-0.05, 0) is 43.4 Å². The lowest BCUT2D eigenvalue weighted by Gasteiger charge is -2.16. The number of anilines is 1. The fourth-order valence-corrected chi connectivity index (χ4v) is 2.07. The van der Waals surface area contributed by atoms with Gasteiger partial charge in [0, 0.05) is 18.2 Å². The van der Waals surface area contributed by atoms with Crippen molar-refractivity contribution < 1.29 is 9.59 Å². The fraction of sp³-hybridized carbons (Fsp3) is 0.529. The van der Waals surface area contributed by atoms with Gasteiger partial charge in [0.05, 0.1) is 6.04 Å². The van der Waals surface area contributed by atoms with E-state index >= 15 is 0 Å². The molecule has 1 aliphatic carbocycles. The Morgan fingerprint density at radius 1 is 1.14 bits per heavy atom. The van der Waals surface area contributed by atoms with Crippen molar-refractivity contribution >= 4 is 17.6 Å². The predicted octanol–water partition coefficient (Wildman–Crippen LogP) is 3.05. The van der Waals surface area contributed by atoms with Gasteiger partial charge in [-0.1, -0.05) is 26.0 Å². The summed E-state index contributed by atoms with van der Waals surface area (Å²) in [6.07, 6.45) is 1.99. The van der Waals surface area contributed by atoms with Crippen LogP contribution in [0.4, 0.5) is 10.5 Å². The molecule has 0 aliphatic heterocycles. The molecule has 1 fully saturated rings. The Kier molecular flexibility index (Phi) is 5.41. The minimum Gasteiger partial charge on any atom is -0.338 e. The van der Waals surface area contributed by atoms with Crippen molar-refractivity contribution in [3.05, 3.63) is 29.8 Å². The normalized spacial score (nSPS) is 15.3. The van der Waals surface area contributed by atoms with E-state index in [2.05, 4.69) is 29.8 Å². The van der Waals surface area contributed by atoms with Crippen LogP contribution in [-0.2, 0) is 4.79 Å². The highest BCUT2D eigenvalue weighted by molar-refractivity contribution is 5.94. The summed E-state index contributed by atoms with van der Waals surface area (Å²) in [4.78, 5) is 23.4. The predicted molar refractivity (Wildman–Crippen MR) is 87.6 cm³/mol. The number of carbonyl (C=O) groups is 2. The maximum Gasteiger partial charge on any atom is 0.315 e. The summed E-state index contributed by atoms with van der Waals surface area (Å²) >= 11 is 0. The SMILES string of the molecule is CC(C)CNC(=O)N[C@@H](C)c1ccc(NC(=O)C2CC2)cc1. The standard InChI is InChI=1S/C17H25N3O2/c1-11(2)10-18-17(22)19-12(3)13-6-8-15(9-7-13)20-16(21)14-4-5-14/h6-9,11-12,14H,4-5,10H2,1-3H3,(H,20,21)(H2,18,19,22)/t12-/m0/s1. The van der Waals surface area contributed by atoms with Crippen LogP contribution in [0.1, 0.15) is 45.2 Å². The van der Waals surface area contributed by atoms with E-state index in [0.29, 0.717) is 12.5 Å². The number of nitrogens with one attached hydrogen (secondary N) is 3. The summed E-state index contributed by atoms with van der Waals surface area (Å²) < 4.78 is 0. The van der Waals surface area contributed by atoms with Crippen LogP contribution in [0.15, 0.2) is 24.3 Å². The largest absolute Gasteiger partial charge is 0.338 e. The summed E-state index contributed by atoms with van der Waals surface area (Å²) in [5.74, 6) is 0.729. The molecule has 1 aromatic rings. The van der Waals surface area contributed by atoms with E-state index in [1.807, 2.05) is 31.2 Å². The second-order valence-electron chi connectivity index (χ2n) is 6.36. The third-order valence-corrected chi connectivity index (χ3v) is 3.64. The molecule has 0 unspecified atom stereocenters. The summed E-state index contributed by atoms with van der Waals surface area (Å²) in [5, 5.41) is 8.64. The van der Waals surface area contributed by atoms with Gasteiger partial charge in [-0.25, -0.2) is 4.79 Å². The van der Waals surface area contributed by atoms with Gasteiger partial charge in [-0.3, -0.25) is 4.79 Å². The molecule has 22 heavy (non-hydrogen) atoms. The van der Waals surface area contributed by atoms with Crippen molar-refractivity contribution in [2.45, 2.75) is 39.7 Å². The molecule has 0 saturated heterocycles. The maximum absolute atomic E-state index is 11.7. The third kappa shape index (κ3) is 5.06. The number of amides is 3. The quantitative estimate of drug-likeness (QED) is 0.756. The summed E-state index contributed by atoms with van der Waals surface area (Å²) in [6, 6.07) is 7.36. The number of hydrogen-bond acceptors (Lipinski definition) is 2. The van der Waals surface area contributed by atoms with Gasteiger partial charge in [-0.15, -0.1) is 0 Å². The lowest BCUT2D eigenvalue weighted by molar-refractivity contribution is -0.117. The van der Waals surface area contributed by atoms with E-state index in [0.717, 1.165) is 24.1 Å². The zero-order chi connectivity index (χ0) is 16.1. The second-order valence-corrected chi connectivity index (χ2v) is 6.36. The first kappa shape index (κ1) is 16.3. The Labute approximate surface area is 131 Å². The van der Waals surface area contributed by atoms with Crippen LogP contribution in [0.3, 0.4) is 0 Å². The Morgan fingerprint density at radius 3 is 2.32 bits per heavy atom. The van der Waals surface area contributed by atoms with Gasteiger partial charge in [0.2, 0.25) is 5.91 Å². The van der Waals surface area contributed by atoms with Crippen LogP contribution in [0.5, 0.6) is 0 Å². The molecule has 1 saturated carbocycles. The first-order valence-corrected chi connectivity index (χ1v) is 7.91. The van der Waals surface area contributed by atoms with Crippen molar-refractivity contribution in [2.75, 3.05) is 11.9 Å². The fourth-order valence-electron chi connectivity index (χ4n) is 2.07.